The molecule has 0 aliphatic carbocycles. The fourth-order valence-electron chi connectivity index (χ4n) is 3.11. The number of nitrogens with zero attached hydrogens (tertiary/aromatic N) is 1. The Hall–Kier alpha value is -2.13. The number of nitrogens with one attached hydrogen (secondary N) is 1. The third-order valence-corrected chi connectivity index (χ3v) is 4.19. The van der Waals surface area contributed by atoms with Crippen LogP contribution in [0.4, 0.5) is 0 Å². The third kappa shape index (κ3) is 3.15. The number of imidazole rings is 1. The Morgan fingerprint density at radius 3 is 2.61 bits per heavy atom. The van der Waals surface area contributed by atoms with Gasteiger partial charge in [0.15, 0.2) is 0 Å². The van der Waals surface area contributed by atoms with Gasteiger partial charge in [-0.05, 0) is 61.6 Å². The monoisotopic (exact) mass is 308 g/mol. The first-order chi connectivity index (χ1) is 10.9. The summed E-state index contributed by atoms with van der Waals surface area (Å²) in [5.74, 6) is 0.916. The van der Waals surface area contributed by atoms with Crippen LogP contribution < -0.4 is 0 Å². The molecule has 0 amide bonds. The molecule has 0 aliphatic rings. The zero-order valence-corrected chi connectivity index (χ0v) is 14.3. The predicted molar refractivity (Wildman–Crippen MR) is 95.5 cm³/mol. The molecule has 0 atom stereocenters. The molecule has 0 fully saturated rings. The van der Waals surface area contributed by atoms with Crippen molar-refractivity contribution >= 4 is 11.0 Å². The van der Waals surface area contributed by atoms with E-state index in [9.17, 15) is 5.11 Å². The van der Waals surface area contributed by atoms with Gasteiger partial charge in [-0.1, -0.05) is 37.6 Å². The molecule has 0 bridgehead atoms. The molecule has 1 aromatic heterocycles. The normalized spacial score (nSPS) is 12.0. The van der Waals surface area contributed by atoms with E-state index in [0.29, 0.717) is 0 Å². The van der Waals surface area contributed by atoms with Gasteiger partial charge in [0.1, 0.15) is 5.82 Å². The van der Waals surface area contributed by atoms with Crippen LogP contribution in [0.3, 0.4) is 0 Å². The van der Waals surface area contributed by atoms with Gasteiger partial charge in [-0.3, -0.25) is 0 Å². The highest BCUT2D eigenvalue weighted by molar-refractivity contribution is 5.83. The van der Waals surface area contributed by atoms with E-state index in [-0.39, 0.29) is 0 Å². The number of aliphatic hydroxyl groups is 1. The van der Waals surface area contributed by atoms with Gasteiger partial charge < -0.3 is 10.1 Å². The van der Waals surface area contributed by atoms with E-state index in [0.717, 1.165) is 46.4 Å². The maximum Gasteiger partial charge on any atom is 0.104 e. The molecule has 0 aliphatic heterocycles. The Morgan fingerprint density at radius 2 is 1.91 bits per heavy atom. The summed E-state index contributed by atoms with van der Waals surface area (Å²) in [6.45, 7) is 7.82. The molecule has 3 rings (SSSR count). The number of aromatic amines is 1. The molecular weight excluding hydrogens is 284 g/mol. The first-order valence-electron chi connectivity index (χ1n) is 8.21. The molecule has 0 spiro atoms. The van der Waals surface area contributed by atoms with Crippen molar-refractivity contribution in [2.45, 2.75) is 46.1 Å². The summed E-state index contributed by atoms with van der Waals surface area (Å²) >= 11 is 0. The molecule has 0 saturated carbocycles. The van der Waals surface area contributed by atoms with Gasteiger partial charge >= 0.3 is 0 Å². The Balaban J connectivity index is 2.19. The average molecular weight is 308 g/mol. The molecule has 0 saturated heterocycles. The van der Waals surface area contributed by atoms with Gasteiger partial charge in [0.25, 0.3) is 0 Å². The minimum absolute atomic E-state index is 0.878. The molecule has 3 aromatic rings. The van der Waals surface area contributed by atoms with Crippen LogP contribution in [-0.4, -0.2) is 15.1 Å². The van der Waals surface area contributed by atoms with Crippen LogP contribution >= 0.6 is 0 Å². The van der Waals surface area contributed by atoms with Crippen LogP contribution in [0.25, 0.3) is 22.2 Å². The van der Waals surface area contributed by atoms with Crippen molar-refractivity contribution < 1.29 is 5.11 Å². The Morgan fingerprint density at radius 1 is 1.13 bits per heavy atom. The molecule has 120 valence electrons. The van der Waals surface area contributed by atoms with E-state index in [2.05, 4.69) is 53.3 Å². The van der Waals surface area contributed by atoms with E-state index < -0.39 is 5.60 Å². The van der Waals surface area contributed by atoms with Crippen molar-refractivity contribution in [2.75, 3.05) is 0 Å². The van der Waals surface area contributed by atoms with E-state index in [1.54, 1.807) is 0 Å². The van der Waals surface area contributed by atoms with Crippen LogP contribution in [0.15, 0.2) is 36.4 Å². The number of hydrogen-bond acceptors (Lipinski definition) is 2. The number of aryl methyl sites for hydroxylation is 2. The summed E-state index contributed by atoms with van der Waals surface area (Å²) in [5.41, 5.74) is 5.56. The maximum atomic E-state index is 10.5. The summed E-state index contributed by atoms with van der Waals surface area (Å²) in [6.07, 6.45) is 2.15. The SMILES string of the molecule is CCCc1ccc(C(C)(C)O)c(-c2ccc3[nH]c(C)nc3c2)c1. The van der Waals surface area contributed by atoms with E-state index in [4.69, 9.17) is 0 Å². The van der Waals surface area contributed by atoms with Gasteiger partial charge in [0, 0.05) is 0 Å². The molecule has 0 unspecified atom stereocenters. The molecule has 3 nitrogen and oxygen atoms in total. The second kappa shape index (κ2) is 5.82. The Labute approximate surface area is 137 Å². The minimum atomic E-state index is -0.878. The number of fused-ring (bicyclic) bond motifs is 1. The van der Waals surface area contributed by atoms with Crippen LogP contribution in [0.5, 0.6) is 0 Å². The Kier molecular flexibility index (Phi) is 3.99. The van der Waals surface area contributed by atoms with Crippen molar-refractivity contribution in [3.8, 4) is 11.1 Å². The van der Waals surface area contributed by atoms with Crippen LogP contribution in [0.2, 0.25) is 0 Å². The highest BCUT2D eigenvalue weighted by Crippen LogP contribution is 2.34. The molecule has 1 heterocycles. The van der Waals surface area contributed by atoms with Crippen molar-refractivity contribution in [3.63, 3.8) is 0 Å². The third-order valence-electron chi connectivity index (χ3n) is 4.19. The van der Waals surface area contributed by atoms with Gasteiger partial charge in [-0.2, -0.15) is 0 Å². The molecule has 2 aromatic carbocycles. The van der Waals surface area contributed by atoms with Gasteiger partial charge in [-0.25, -0.2) is 4.98 Å². The number of aromatic nitrogens is 2. The van der Waals surface area contributed by atoms with E-state index in [1.807, 2.05) is 20.8 Å². The number of H-pyrrole nitrogens is 1. The van der Waals surface area contributed by atoms with Crippen LogP contribution in [0.1, 0.15) is 44.1 Å². The van der Waals surface area contributed by atoms with Gasteiger partial charge in [-0.15, -0.1) is 0 Å². The average Bonchev–Trinajstić information content (AvgIpc) is 2.85. The molecule has 3 heteroatoms. The lowest BCUT2D eigenvalue weighted by Crippen LogP contribution is -2.17. The highest BCUT2D eigenvalue weighted by atomic mass is 16.3. The van der Waals surface area contributed by atoms with Gasteiger partial charge in [0.2, 0.25) is 0 Å². The number of hydrogen-bond donors (Lipinski definition) is 2. The van der Waals surface area contributed by atoms with Crippen molar-refractivity contribution in [3.05, 3.63) is 53.3 Å². The van der Waals surface area contributed by atoms with E-state index in [1.165, 1.54) is 5.56 Å². The zero-order chi connectivity index (χ0) is 16.6. The summed E-state index contributed by atoms with van der Waals surface area (Å²) in [6, 6.07) is 12.6. The fraction of sp³-hybridized carbons (Fsp3) is 0.350. The van der Waals surface area contributed by atoms with Crippen LogP contribution in [-0.2, 0) is 12.0 Å². The Bertz CT molecular complexity index is 840. The lowest BCUT2D eigenvalue weighted by Gasteiger charge is -2.23. The fourth-order valence-corrected chi connectivity index (χ4v) is 3.11. The highest BCUT2D eigenvalue weighted by Gasteiger charge is 2.21. The second-order valence-corrected chi connectivity index (χ2v) is 6.74. The minimum Gasteiger partial charge on any atom is -0.386 e. The smallest absolute Gasteiger partial charge is 0.104 e. The summed E-state index contributed by atoms with van der Waals surface area (Å²) in [5, 5.41) is 10.5. The van der Waals surface area contributed by atoms with E-state index >= 15 is 0 Å². The summed E-state index contributed by atoms with van der Waals surface area (Å²) in [4.78, 5) is 7.79. The summed E-state index contributed by atoms with van der Waals surface area (Å²) < 4.78 is 0. The first kappa shape index (κ1) is 15.8. The molecular formula is C20H24N2O. The van der Waals surface area contributed by atoms with Crippen molar-refractivity contribution in [2.24, 2.45) is 0 Å². The zero-order valence-electron chi connectivity index (χ0n) is 14.3. The second-order valence-electron chi connectivity index (χ2n) is 6.74. The first-order valence-corrected chi connectivity index (χ1v) is 8.21. The van der Waals surface area contributed by atoms with Crippen LogP contribution in [0, 0.1) is 6.92 Å². The van der Waals surface area contributed by atoms with Crippen molar-refractivity contribution in [1.82, 2.24) is 9.97 Å². The maximum absolute atomic E-state index is 10.5. The lowest BCUT2D eigenvalue weighted by atomic mass is 9.87. The standard InChI is InChI=1S/C20H24N2O/c1-5-6-14-7-9-17(20(3,4)23)16(11-14)15-8-10-18-19(12-15)22-13(2)21-18/h7-12,23H,5-6H2,1-4H3,(H,21,22). The largest absolute Gasteiger partial charge is 0.386 e. The van der Waals surface area contributed by atoms with Crippen molar-refractivity contribution in [1.29, 1.82) is 0 Å². The molecule has 0 radical (unpaired) electrons. The number of benzene rings is 2. The molecule has 23 heavy (non-hydrogen) atoms. The quantitative estimate of drug-likeness (QED) is 0.732. The predicted octanol–water partition coefficient (Wildman–Crippen LogP) is 4.72. The summed E-state index contributed by atoms with van der Waals surface area (Å²) in [7, 11) is 0. The lowest BCUT2D eigenvalue weighted by molar-refractivity contribution is 0.0792. The number of rotatable bonds is 4. The molecule has 2 N–H and O–H groups in total. The topological polar surface area (TPSA) is 48.9 Å². The van der Waals surface area contributed by atoms with Gasteiger partial charge in [0.05, 0.1) is 16.6 Å².